The van der Waals surface area contributed by atoms with Crippen molar-refractivity contribution >= 4 is 29.1 Å². The quantitative estimate of drug-likeness (QED) is 0.804. The summed E-state index contributed by atoms with van der Waals surface area (Å²) in [6.45, 7) is -0.370. The summed E-state index contributed by atoms with van der Waals surface area (Å²) in [4.78, 5) is 14.3. The van der Waals surface area contributed by atoms with Crippen LogP contribution in [-0.4, -0.2) is 22.5 Å². The Morgan fingerprint density at radius 2 is 1.95 bits per heavy atom. The number of aromatic nitrogens is 1. The Morgan fingerprint density at radius 3 is 2.48 bits per heavy atom. The lowest BCUT2D eigenvalue weighted by Crippen LogP contribution is -2.29. The summed E-state index contributed by atoms with van der Waals surface area (Å²) in [5.41, 5.74) is -0.424. The van der Waals surface area contributed by atoms with Gasteiger partial charge in [0.2, 0.25) is 0 Å². The van der Waals surface area contributed by atoms with Crippen molar-refractivity contribution in [2.45, 2.75) is 6.10 Å². The second-order valence-electron chi connectivity index (χ2n) is 4.21. The normalized spacial score (nSPS) is 12.2. The number of aliphatic hydroxyl groups is 1. The summed E-state index contributed by atoms with van der Waals surface area (Å²) in [6.07, 6.45) is -1.52. The van der Waals surface area contributed by atoms with E-state index in [9.17, 15) is 18.7 Å². The first-order valence-corrected chi connectivity index (χ1v) is 6.60. The molecule has 3 N–H and O–H groups in total. The smallest absolute Gasteiger partial charge is 0.267 e. The summed E-state index contributed by atoms with van der Waals surface area (Å²) < 4.78 is 26.9. The molecule has 112 valence electrons. The summed E-state index contributed by atoms with van der Waals surface area (Å²) in [5.74, 6) is -2.38. The number of hydrogen-bond acceptors (Lipinski definition) is 2. The number of benzene rings is 1. The first-order valence-electron chi connectivity index (χ1n) is 5.84. The molecule has 1 heterocycles. The fraction of sp³-hybridized carbons (Fsp3) is 0.154. The van der Waals surface area contributed by atoms with Crippen molar-refractivity contribution in [1.29, 1.82) is 0 Å². The minimum Gasteiger partial charge on any atom is -0.386 e. The molecule has 0 saturated heterocycles. The highest BCUT2D eigenvalue weighted by Crippen LogP contribution is 2.22. The maximum Gasteiger partial charge on any atom is 0.267 e. The van der Waals surface area contributed by atoms with E-state index in [0.29, 0.717) is 0 Å². The molecule has 21 heavy (non-hydrogen) atoms. The van der Waals surface area contributed by atoms with Gasteiger partial charge >= 0.3 is 0 Å². The maximum atomic E-state index is 13.5. The van der Waals surface area contributed by atoms with Gasteiger partial charge in [-0.15, -0.1) is 0 Å². The van der Waals surface area contributed by atoms with Crippen LogP contribution >= 0.6 is 23.2 Å². The first kappa shape index (κ1) is 15.8. The number of halogens is 4. The number of H-pyrrole nitrogens is 1. The van der Waals surface area contributed by atoms with Gasteiger partial charge in [0.15, 0.2) is 0 Å². The molecule has 0 fully saturated rings. The van der Waals surface area contributed by atoms with Crippen LogP contribution in [0.5, 0.6) is 0 Å². The molecule has 2 aromatic rings. The molecule has 1 aromatic carbocycles. The maximum absolute atomic E-state index is 13.5. The predicted octanol–water partition coefficient (Wildman–Crippen LogP) is 3.06. The van der Waals surface area contributed by atoms with Gasteiger partial charge in [-0.05, 0) is 18.2 Å². The molecule has 1 aromatic heterocycles. The predicted molar refractivity (Wildman–Crippen MR) is 74.5 cm³/mol. The molecule has 0 bridgehead atoms. The van der Waals surface area contributed by atoms with Crippen LogP contribution in [0.4, 0.5) is 8.78 Å². The van der Waals surface area contributed by atoms with E-state index in [1.165, 1.54) is 12.1 Å². The second-order valence-corrected chi connectivity index (χ2v) is 4.99. The molecule has 0 radical (unpaired) electrons. The molecule has 0 aliphatic heterocycles. The van der Waals surface area contributed by atoms with Crippen LogP contribution in [0.1, 0.15) is 22.2 Å². The summed E-state index contributed by atoms with van der Waals surface area (Å²) in [6, 6.07) is 4.53. The van der Waals surface area contributed by atoms with Crippen LogP contribution in [-0.2, 0) is 0 Å². The standard InChI is InChI=1S/C13H10Cl2F2N2O2/c14-6-4-9(19-12(6)15)13(21)18-5-10(20)11-7(16)2-1-3-8(11)17/h1-4,10,19-20H,5H2,(H,18,21). The van der Waals surface area contributed by atoms with Crippen molar-refractivity contribution in [3.63, 3.8) is 0 Å². The van der Waals surface area contributed by atoms with E-state index >= 15 is 0 Å². The zero-order chi connectivity index (χ0) is 15.6. The van der Waals surface area contributed by atoms with Gasteiger partial charge in [-0.25, -0.2) is 8.78 Å². The Hall–Kier alpha value is -1.63. The van der Waals surface area contributed by atoms with Crippen molar-refractivity contribution < 1.29 is 18.7 Å². The third-order valence-corrected chi connectivity index (χ3v) is 3.45. The van der Waals surface area contributed by atoms with E-state index in [1.54, 1.807) is 0 Å². The Labute approximate surface area is 128 Å². The van der Waals surface area contributed by atoms with Crippen LogP contribution < -0.4 is 5.32 Å². The van der Waals surface area contributed by atoms with Crippen molar-refractivity contribution in [1.82, 2.24) is 10.3 Å². The number of aliphatic hydroxyl groups excluding tert-OH is 1. The number of aromatic amines is 1. The molecular formula is C13H10Cl2F2N2O2. The molecule has 0 spiro atoms. The lowest BCUT2D eigenvalue weighted by atomic mass is 10.1. The largest absolute Gasteiger partial charge is 0.386 e. The third kappa shape index (κ3) is 3.53. The number of hydrogen-bond donors (Lipinski definition) is 3. The number of nitrogens with one attached hydrogen (secondary N) is 2. The zero-order valence-corrected chi connectivity index (χ0v) is 12.0. The molecule has 1 unspecified atom stereocenters. The van der Waals surface area contributed by atoms with Crippen LogP contribution in [0.15, 0.2) is 24.3 Å². The van der Waals surface area contributed by atoms with E-state index in [4.69, 9.17) is 23.2 Å². The van der Waals surface area contributed by atoms with Crippen LogP contribution in [0.2, 0.25) is 10.2 Å². The van der Waals surface area contributed by atoms with Crippen molar-refractivity contribution in [2.75, 3.05) is 6.54 Å². The highest BCUT2D eigenvalue weighted by molar-refractivity contribution is 6.41. The lowest BCUT2D eigenvalue weighted by Gasteiger charge is -2.13. The topological polar surface area (TPSA) is 65.1 Å². The highest BCUT2D eigenvalue weighted by Gasteiger charge is 2.19. The van der Waals surface area contributed by atoms with Gasteiger partial charge in [-0.2, -0.15) is 0 Å². The number of carbonyl (C=O) groups is 1. The molecule has 2 rings (SSSR count). The van der Waals surface area contributed by atoms with Gasteiger partial charge in [-0.1, -0.05) is 29.3 Å². The summed E-state index contributed by atoms with van der Waals surface area (Å²) >= 11 is 11.3. The minimum atomic E-state index is -1.52. The fourth-order valence-corrected chi connectivity index (χ4v) is 2.05. The van der Waals surface area contributed by atoms with E-state index in [1.807, 2.05) is 0 Å². The Morgan fingerprint density at radius 1 is 1.33 bits per heavy atom. The third-order valence-electron chi connectivity index (χ3n) is 2.76. The van der Waals surface area contributed by atoms with Crippen LogP contribution in [0, 0.1) is 11.6 Å². The highest BCUT2D eigenvalue weighted by atomic mass is 35.5. The Bertz CT molecular complexity index is 636. The zero-order valence-electron chi connectivity index (χ0n) is 10.5. The number of amides is 1. The van der Waals surface area contributed by atoms with E-state index in [2.05, 4.69) is 10.3 Å². The van der Waals surface area contributed by atoms with Crippen LogP contribution in [0.3, 0.4) is 0 Å². The SMILES string of the molecule is O=C(NCC(O)c1c(F)cccc1F)c1cc(Cl)c(Cl)[nH]1. The number of rotatable bonds is 4. The van der Waals surface area contributed by atoms with Crippen molar-refractivity contribution in [2.24, 2.45) is 0 Å². The van der Waals surface area contributed by atoms with Gasteiger partial charge < -0.3 is 15.4 Å². The van der Waals surface area contributed by atoms with E-state index in [-0.39, 0.29) is 22.4 Å². The average Bonchev–Trinajstić information content (AvgIpc) is 2.76. The molecule has 8 heteroatoms. The molecule has 4 nitrogen and oxygen atoms in total. The van der Waals surface area contributed by atoms with Gasteiger partial charge in [0.05, 0.1) is 10.6 Å². The molecule has 0 aliphatic carbocycles. The Balaban J connectivity index is 2.04. The van der Waals surface area contributed by atoms with Crippen molar-refractivity contribution in [3.8, 4) is 0 Å². The molecule has 0 aliphatic rings. The summed E-state index contributed by atoms with van der Waals surface area (Å²) in [7, 11) is 0. The molecule has 1 atom stereocenters. The molecular weight excluding hydrogens is 325 g/mol. The fourth-order valence-electron chi connectivity index (χ4n) is 1.74. The van der Waals surface area contributed by atoms with Gasteiger partial charge in [0.1, 0.15) is 28.6 Å². The number of carbonyl (C=O) groups excluding carboxylic acids is 1. The van der Waals surface area contributed by atoms with Gasteiger partial charge in [0, 0.05) is 6.54 Å². The molecule has 1 amide bonds. The Kier molecular flexibility index (Phi) is 4.82. The minimum absolute atomic E-state index is 0.0752. The molecule has 0 saturated carbocycles. The van der Waals surface area contributed by atoms with Crippen molar-refractivity contribution in [3.05, 3.63) is 57.3 Å². The first-order chi connectivity index (χ1) is 9.90. The van der Waals surface area contributed by atoms with Gasteiger partial charge in [-0.3, -0.25) is 4.79 Å². The van der Waals surface area contributed by atoms with E-state index < -0.39 is 29.2 Å². The summed E-state index contributed by atoms with van der Waals surface area (Å²) in [5, 5.41) is 12.4. The average molecular weight is 335 g/mol. The monoisotopic (exact) mass is 334 g/mol. The van der Waals surface area contributed by atoms with Gasteiger partial charge in [0.25, 0.3) is 5.91 Å². The van der Waals surface area contributed by atoms with Crippen LogP contribution in [0.25, 0.3) is 0 Å². The lowest BCUT2D eigenvalue weighted by molar-refractivity contribution is 0.0907. The second kappa shape index (κ2) is 6.43. The van der Waals surface area contributed by atoms with E-state index in [0.717, 1.165) is 12.1 Å².